The number of carbonyl (C=O) groups is 3. The number of carbonyl (C=O) groups excluding carboxylic acids is 3. The summed E-state index contributed by atoms with van der Waals surface area (Å²) in [4.78, 5) is 35.9. The number of halogens is 2. The minimum absolute atomic E-state index is 0.232. The molecule has 0 spiro atoms. The van der Waals surface area contributed by atoms with E-state index in [1.165, 1.54) is 26.8 Å². The molecule has 3 N–H and O–H groups in total. The van der Waals surface area contributed by atoms with Crippen LogP contribution in [0.15, 0.2) is 42.5 Å². The average molecular weight is 375 g/mol. The van der Waals surface area contributed by atoms with E-state index >= 15 is 0 Å². The molecule has 0 atom stereocenters. The van der Waals surface area contributed by atoms with Gasteiger partial charge >= 0.3 is 0 Å². The fourth-order valence-electron chi connectivity index (χ4n) is 2.12. The Morgan fingerprint density at radius 2 is 1.22 bits per heavy atom. The van der Waals surface area contributed by atoms with Crippen LogP contribution in [-0.2, 0) is 14.4 Å². The first-order valence-corrected chi connectivity index (χ1v) is 8.06. The summed E-state index contributed by atoms with van der Waals surface area (Å²) in [6.45, 7) is 4.04. The van der Waals surface area contributed by atoms with Gasteiger partial charge in [-0.2, -0.15) is 0 Å². The van der Waals surface area contributed by atoms with Gasteiger partial charge in [0.15, 0.2) is 0 Å². The maximum atomic E-state index is 13.7. The number of hydrogen-bond acceptors (Lipinski definition) is 3. The first kappa shape index (κ1) is 20.0. The van der Waals surface area contributed by atoms with Crippen molar-refractivity contribution in [3.63, 3.8) is 0 Å². The van der Waals surface area contributed by atoms with Crippen LogP contribution in [0.4, 0.5) is 25.8 Å². The molecule has 0 saturated carbocycles. The van der Waals surface area contributed by atoms with Crippen LogP contribution in [0.3, 0.4) is 0 Å². The fourth-order valence-corrected chi connectivity index (χ4v) is 2.12. The predicted octanol–water partition coefficient (Wildman–Crippen LogP) is 3.53. The third kappa shape index (κ3) is 4.87. The second-order valence-electron chi connectivity index (χ2n) is 6.39. The first-order chi connectivity index (χ1) is 12.6. The Morgan fingerprint density at radius 3 is 1.70 bits per heavy atom. The number of amides is 3. The monoisotopic (exact) mass is 375 g/mol. The van der Waals surface area contributed by atoms with E-state index in [1.807, 2.05) is 0 Å². The van der Waals surface area contributed by atoms with Crippen molar-refractivity contribution in [3.05, 3.63) is 54.1 Å². The van der Waals surface area contributed by atoms with Gasteiger partial charge in [0.05, 0.1) is 0 Å². The van der Waals surface area contributed by atoms with Gasteiger partial charge in [-0.15, -0.1) is 0 Å². The van der Waals surface area contributed by atoms with E-state index in [2.05, 4.69) is 16.0 Å². The van der Waals surface area contributed by atoms with Gasteiger partial charge in [-0.1, -0.05) is 6.07 Å². The van der Waals surface area contributed by atoms with Crippen LogP contribution in [0.5, 0.6) is 0 Å². The minimum Gasteiger partial charge on any atom is -0.326 e. The highest BCUT2D eigenvalue weighted by Crippen LogP contribution is 2.25. The number of anilines is 3. The molecule has 0 aromatic heterocycles. The van der Waals surface area contributed by atoms with Crippen LogP contribution in [-0.4, -0.2) is 17.7 Å². The maximum Gasteiger partial charge on any atom is 0.239 e. The molecule has 0 heterocycles. The Morgan fingerprint density at radius 1 is 0.778 bits per heavy atom. The lowest BCUT2D eigenvalue weighted by molar-refractivity contribution is -0.135. The Labute approximate surface area is 155 Å². The van der Waals surface area contributed by atoms with Crippen LogP contribution >= 0.6 is 0 Å². The molecule has 0 fully saturated rings. The lowest BCUT2D eigenvalue weighted by Gasteiger charge is -2.23. The summed E-state index contributed by atoms with van der Waals surface area (Å²) in [7, 11) is 0. The SMILES string of the molecule is CC(=O)Nc1ccc(NC(=O)C(C)(C)C(=O)Nc2c(F)cccc2F)cc1. The minimum atomic E-state index is -1.61. The van der Waals surface area contributed by atoms with Crippen molar-refractivity contribution in [3.8, 4) is 0 Å². The number of nitrogens with one attached hydrogen (secondary N) is 3. The van der Waals surface area contributed by atoms with Gasteiger partial charge < -0.3 is 16.0 Å². The van der Waals surface area contributed by atoms with Crippen LogP contribution in [0.2, 0.25) is 0 Å². The molecule has 2 aromatic carbocycles. The fraction of sp³-hybridized carbons (Fsp3) is 0.211. The zero-order chi connectivity index (χ0) is 20.2. The highest BCUT2D eigenvalue weighted by molar-refractivity contribution is 6.14. The summed E-state index contributed by atoms with van der Waals surface area (Å²) in [5.41, 5.74) is -1.27. The highest BCUT2D eigenvalue weighted by Gasteiger charge is 2.37. The van der Waals surface area contributed by atoms with E-state index in [0.29, 0.717) is 11.4 Å². The average Bonchev–Trinajstić information content (AvgIpc) is 2.59. The van der Waals surface area contributed by atoms with Crippen LogP contribution < -0.4 is 16.0 Å². The quantitative estimate of drug-likeness (QED) is 0.699. The molecule has 0 radical (unpaired) electrons. The van der Waals surface area contributed by atoms with Crippen molar-refractivity contribution in [2.75, 3.05) is 16.0 Å². The van der Waals surface area contributed by atoms with Crippen LogP contribution in [0.1, 0.15) is 20.8 Å². The molecule has 0 aliphatic rings. The normalized spacial score (nSPS) is 10.9. The van der Waals surface area contributed by atoms with Crippen molar-refractivity contribution in [1.29, 1.82) is 0 Å². The van der Waals surface area contributed by atoms with E-state index in [-0.39, 0.29) is 5.91 Å². The Bertz CT molecular complexity index is 860. The van der Waals surface area contributed by atoms with Gasteiger partial charge in [0.1, 0.15) is 22.7 Å². The summed E-state index contributed by atoms with van der Waals surface area (Å²) in [6.07, 6.45) is 0. The highest BCUT2D eigenvalue weighted by atomic mass is 19.1. The van der Waals surface area contributed by atoms with Gasteiger partial charge in [-0.3, -0.25) is 14.4 Å². The van der Waals surface area contributed by atoms with Crippen molar-refractivity contribution in [2.45, 2.75) is 20.8 Å². The molecule has 3 amide bonds. The zero-order valence-electron chi connectivity index (χ0n) is 15.0. The number of rotatable bonds is 5. The standard InChI is InChI=1S/C19H19F2N3O3/c1-11(25)22-12-7-9-13(10-8-12)23-17(26)19(2,3)18(27)24-16-14(20)5-4-6-15(16)21/h4-10H,1-3H3,(H,22,25)(H,23,26)(H,24,27). The van der Waals surface area contributed by atoms with Crippen LogP contribution in [0, 0.1) is 17.0 Å². The summed E-state index contributed by atoms with van der Waals surface area (Å²) >= 11 is 0. The maximum absolute atomic E-state index is 13.7. The van der Waals surface area contributed by atoms with Crippen molar-refractivity contribution >= 4 is 34.8 Å². The lowest BCUT2D eigenvalue weighted by atomic mass is 9.90. The Kier molecular flexibility index (Phi) is 5.89. The molecule has 0 aliphatic heterocycles. The lowest BCUT2D eigenvalue weighted by Crippen LogP contribution is -2.41. The van der Waals surface area contributed by atoms with Crippen molar-refractivity contribution < 1.29 is 23.2 Å². The molecule has 142 valence electrons. The van der Waals surface area contributed by atoms with E-state index in [0.717, 1.165) is 12.1 Å². The van der Waals surface area contributed by atoms with Crippen molar-refractivity contribution in [1.82, 2.24) is 0 Å². The third-order valence-electron chi connectivity index (χ3n) is 3.80. The molecular formula is C19H19F2N3O3. The largest absolute Gasteiger partial charge is 0.326 e. The van der Waals surface area contributed by atoms with Gasteiger partial charge in [0, 0.05) is 18.3 Å². The summed E-state index contributed by atoms with van der Waals surface area (Å²) in [5, 5.41) is 7.26. The second kappa shape index (κ2) is 7.94. The number of benzene rings is 2. The van der Waals surface area contributed by atoms with Gasteiger partial charge in [-0.25, -0.2) is 8.78 Å². The molecule has 8 heteroatoms. The Balaban J connectivity index is 2.09. The van der Waals surface area contributed by atoms with E-state index in [9.17, 15) is 23.2 Å². The predicted molar refractivity (Wildman–Crippen MR) is 98.1 cm³/mol. The molecule has 2 rings (SSSR count). The molecule has 0 saturated heterocycles. The number of hydrogen-bond donors (Lipinski definition) is 3. The molecule has 0 aliphatic carbocycles. The summed E-state index contributed by atoms with van der Waals surface area (Å²) in [6, 6.07) is 9.44. The summed E-state index contributed by atoms with van der Waals surface area (Å²) < 4.78 is 27.4. The number of para-hydroxylation sites is 1. The van der Waals surface area contributed by atoms with Gasteiger partial charge in [0.2, 0.25) is 17.7 Å². The van der Waals surface area contributed by atoms with E-state index in [4.69, 9.17) is 0 Å². The molecule has 2 aromatic rings. The summed E-state index contributed by atoms with van der Waals surface area (Å²) in [5.74, 6) is -3.63. The molecule has 0 unspecified atom stereocenters. The van der Waals surface area contributed by atoms with Gasteiger partial charge in [0.25, 0.3) is 0 Å². The Hall–Kier alpha value is -3.29. The molecule has 6 nitrogen and oxygen atoms in total. The third-order valence-corrected chi connectivity index (χ3v) is 3.80. The first-order valence-electron chi connectivity index (χ1n) is 8.06. The van der Waals surface area contributed by atoms with Crippen LogP contribution in [0.25, 0.3) is 0 Å². The van der Waals surface area contributed by atoms with Gasteiger partial charge in [-0.05, 0) is 50.2 Å². The second-order valence-corrected chi connectivity index (χ2v) is 6.39. The molecular weight excluding hydrogens is 356 g/mol. The molecule has 27 heavy (non-hydrogen) atoms. The smallest absolute Gasteiger partial charge is 0.239 e. The van der Waals surface area contributed by atoms with E-state index in [1.54, 1.807) is 24.3 Å². The van der Waals surface area contributed by atoms with Crippen molar-refractivity contribution in [2.24, 2.45) is 5.41 Å². The zero-order valence-corrected chi connectivity index (χ0v) is 15.0. The topological polar surface area (TPSA) is 87.3 Å². The van der Waals surface area contributed by atoms with E-state index < -0.39 is 34.6 Å². The molecule has 0 bridgehead atoms.